The molecule has 0 radical (unpaired) electrons. The number of pyridine rings is 2. The van der Waals surface area contributed by atoms with Gasteiger partial charge >= 0.3 is 0 Å². The second-order valence-electron chi connectivity index (χ2n) is 5.65. The van der Waals surface area contributed by atoms with Crippen molar-refractivity contribution in [3.8, 4) is 0 Å². The van der Waals surface area contributed by atoms with Crippen molar-refractivity contribution in [2.45, 2.75) is 25.5 Å². The third-order valence-corrected chi connectivity index (χ3v) is 3.89. The van der Waals surface area contributed by atoms with Crippen LogP contribution in [0.3, 0.4) is 0 Å². The number of rotatable bonds is 5. The smallest absolute Gasteiger partial charge is 0.255 e. The maximum atomic E-state index is 12.8. The average molecular weight is 312 g/mol. The number of nitrogens with two attached hydrogens (primary N) is 1. The number of hydrogen-bond acceptors (Lipinski definition) is 5. The number of hydrogen-bond donors (Lipinski definition) is 1. The maximum Gasteiger partial charge on any atom is 0.255 e. The Balaban J connectivity index is 1.78. The Morgan fingerprint density at radius 2 is 2.13 bits per heavy atom. The van der Waals surface area contributed by atoms with Crippen molar-refractivity contribution in [3.05, 3.63) is 54.0 Å². The fourth-order valence-corrected chi connectivity index (χ4v) is 2.68. The predicted octanol–water partition coefficient (Wildman–Crippen LogP) is 1.88. The average Bonchev–Trinajstić information content (AvgIpc) is 3.08. The standard InChI is InChI=1S/C17H20N4O2/c18-16-4-3-14(10-20-16)17(22)21(12-15-2-1-9-23-15)11-13-5-7-19-8-6-13/h3-8,10,15H,1-2,9,11-12H2,(H2,18,20)/t15-/m0/s1. The second-order valence-corrected chi connectivity index (χ2v) is 5.65. The monoisotopic (exact) mass is 312 g/mol. The van der Waals surface area contributed by atoms with E-state index >= 15 is 0 Å². The zero-order chi connectivity index (χ0) is 16.1. The van der Waals surface area contributed by atoms with Crippen molar-refractivity contribution in [2.24, 2.45) is 0 Å². The summed E-state index contributed by atoms with van der Waals surface area (Å²) in [6.45, 7) is 1.86. The van der Waals surface area contributed by atoms with Crippen LogP contribution in [0.2, 0.25) is 0 Å². The molecule has 1 saturated heterocycles. The molecule has 120 valence electrons. The molecule has 0 aliphatic carbocycles. The Morgan fingerprint density at radius 3 is 2.78 bits per heavy atom. The van der Waals surface area contributed by atoms with E-state index in [2.05, 4.69) is 9.97 Å². The van der Waals surface area contributed by atoms with Gasteiger partial charge in [0.15, 0.2) is 0 Å². The van der Waals surface area contributed by atoms with Gasteiger partial charge in [0.1, 0.15) is 5.82 Å². The van der Waals surface area contributed by atoms with E-state index in [-0.39, 0.29) is 12.0 Å². The fraction of sp³-hybridized carbons (Fsp3) is 0.353. The molecule has 0 aromatic carbocycles. The van der Waals surface area contributed by atoms with Crippen molar-refractivity contribution in [1.29, 1.82) is 0 Å². The van der Waals surface area contributed by atoms with E-state index in [0.717, 1.165) is 25.0 Å². The molecule has 1 atom stereocenters. The first-order valence-electron chi connectivity index (χ1n) is 7.73. The van der Waals surface area contributed by atoms with Crippen LogP contribution >= 0.6 is 0 Å². The SMILES string of the molecule is Nc1ccc(C(=O)N(Cc2ccncc2)C[C@@H]2CCCO2)cn1. The molecule has 2 aromatic heterocycles. The van der Waals surface area contributed by atoms with E-state index in [0.29, 0.717) is 24.5 Å². The minimum atomic E-state index is -0.0650. The number of anilines is 1. The largest absolute Gasteiger partial charge is 0.384 e. The molecule has 6 nitrogen and oxygen atoms in total. The van der Waals surface area contributed by atoms with Gasteiger partial charge in [0.05, 0.1) is 11.7 Å². The summed E-state index contributed by atoms with van der Waals surface area (Å²) in [4.78, 5) is 22.7. The van der Waals surface area contributed by atoms with Gasteiger partial charge in [-0.25, -0.2) is 4.98 Å². The summed E-state index contributed by atoms with van der Waals surface area (Å²) in [5.74, 6) is 0.339. The summed E-state index contributed by atoms with van der Waals surface area (Å²) in [6, 6.07) is 7.18. The number of nitrogens with zero attached hydrogens (tertiary/aromatic N) is 3. The van der Waals surface area contributed by atoms with Crippen LogP contribution in [0.4, 0.5) is 5.82 Å². The molecule has 2 N–H and O–H groups in total. The molecule has 23 heavy (non-hydrogen) atoms. The minimum absolute atomic E-state index is 0.0650. The van der Waals surface area contributed by atoms with Gasteiger partial charge in [0, 0.05) is 38.3 Å². The van der Waals surface area contributed by atoms with Crippen molar-refractivity contribution >= 4 is 11.7 Å². The molecular formula is C17H20N4O2. The number of carbonyl (C=O) groups is 1. The number of carbonyl (C=O) groups excluding carboxylic acids is 1. The first-order valence-corrected chi connectivity index (χ1v) is 7.73. The zero-order valence-corrected chi connectivity index (χ0v) is 12.9. The molecule has 3 rings (SSSR count). The molecule has 6 heteroatoms. The zero-order valence-electron chi connectivity index (χ0n) is 12.9. The van der Waals surface area contributed by atoms with Crippen LogP contribution in [0.1, 0.15) is 28.8 Å². The van der Waals surface area contributed by atoms with Gasteiger partial charge in [-0.15, -0.1) is 0 Å². The molecule has 0 spiro atoms. The van der Waals surface area contributed by atoms with Gasteiger partial charge in [-0.2, -0.15) is 0 Å². The van der Waals surface area contributed by atoms with Crippen LogP contribution in [-0.2, 0) is 11.3 Å². The Morgan fingerprint density at radius 1 is 1.30 bits per heavy atom. The van der Waals surface area contributed by atoms with E-state index in [9.17, 15) is 4.79 Å². The quantitative estimate of drug-likeness (QED) is 0.911. The number of nitrogen functional groups attached to an aromatic ring is 1. The van der Waals surface area contributed by atoms with E-state index < -0.39 is 0 Å². The van der Waals surface area contributed by atoms with E-state index in [1.54, 1.807) is 29.4 Å². The maximum absolute atomic E-state index is 12.8. The van der Waals surface area contributed by atoms with Gasteiger partial charge in [0.2, 0.25) is 0 Å². The van der Waals surface area contributed by atoms with E-state index in [1.807, 2.05) is 12.1 Å². The molecule has 1 aliphatic heterocycles. The molecule has 1 amide bonds. The molecule has 0 bridgehead atoms. The van der Waals surface area contributed by atoms with Crippen LogP contribution < -0.4 is 5.73 Å². The Bertz CT molecular complexity index is 639. The van der Waals surface area contributed by atoms with Gasteiger partial charge in [0.25, 0.3) is 5.91 Å². The molecule has 3 heterocycles. The summed E-state index contributed by atoms with van der Waals surface area (Å²) >= 11 is 0. The van der Waals surface area contributed by atoms with Crippen LogP contribution in [0, 0.1) is 0 Å². The summed E-state index contributed by atoms with van der Waals surface area (Å²) in [7, 11) is 0. The van der Waals surface area contributed by atoms with Crippen molar-refractivity contribution < 1.29 is 9.53 Å². The lowest BCUT2D eigenvalue weighted by Crippen LogP contribution is -2.37. The highest BCUT2D eigenvalue weighted by Gasteiger charge is 2.23. The molecule has 0 saturated carbocycles. The molecule has 1 fully saturated rings. The lowest BCUT2D eigenvalue weighted by Gasteiger charge is -2.25. The first-order chi connectivity index (χ1) is 11.2. The highest BCUT2D eigenvalue weighted by atomic mass is 16.5. The molecule has 2 aromatic rings. The minimum Gasteiger partial charge on any atom is -0.384 e. The third kappa shape index (κ3) is 4.04. The number of ether oxygens (including phenoxy) is 1. The van der Waals surface area contributed by atoms with Crippen LogP contribution in [0.5, 0.6) is 0 Å². The third-order valence-electron chi connectivity index (χ3n) is 3.89. The first kappa shape index (κ1) is 15.4. The van der Waals surface area contributed by atoms with E-state index in [4.69, 9.17) is 10.5 Å². The Labute approximate surface area is 135 Å². The fourth-order valence-electron chi connectivity index (χ4n) is 2.68. The highest BCUT2D eigenvalue weighted by Crippen LogP contribution is 2.17. The van der Waals surface area contributed by atoms with Crippen molar-refractivity contribution in [1.82, 2.24) is 14.9 Å². The summed E-state index contributed by atoms with van der Waals surface area (Å²) in [5.41, 5.74) is 7.17. The summed E-state index contributed by atoms with van der Waals surface area (Å²) in [6.07, 6.45) is 7.12. The predicted molar refractivity (Wildman–Crippen MR) is 86.6 cm³/mol. The summed E-state index contributed by atoms with van der Waals surface area (Å²) in [5, 5.41) is 0. The van der Waals surface area contributed by atoms with Gasteiger partial charge in [-0.05, 0) is 42.7 Å². The number of aromatic nitrogens is 2. The van der Waals surface area contributed by atoms with Gasteiger partial charge in [-0.3, -0.25) is 9.78 Å². The van der Waals surface area contributed by atoms with Crippen LogP contribution in [0.25, 0.3) is 0 Å². The van der Waals surface area contributed by atoms with Gasteiger partial charge < -0.3 is 15.4 Å². The van der Waals surface area contributed by atoms with Gasteiger partial charge in [-0.1, -0.05) is 0 Å². The van der Waals surface area contributed by atoms with Crippen LogP contribution in [-0.4, -0.2) is 40.0 Å². The molecule has 1 aliphatic rings. The normalized spacial score (nSPS) is 17.1. The molecular weight excluding hydrogens is 292 g/mol. The topological polar surface area (TPSA) is 81.3 Å². The Kier molecular flexibility index (Phi) is 4.83. The van der Waals surface area contributed by atoms with E-state index in [1.165, 1.54) is 6.20 Å². The highest BCUT2D eigenvalue weighted by molar-refractivity contribution is 5.94. The lowest BCUT2D eigenvalue weighted by atomic mass is 10.1. The molecule has 0 unspecified atom stereocenters. The summed E-state index contributed by atoms with van der Waals surface area (Å²) < 4.78 is 5.68. The van der Waals surface area contributed by atoms with Crippen molar-refractivity contribution in [2.75, 3.05) is 18.9 Å². The second kappa shape index (κ2) is 7.19. The number of amides is 1. The Hall–Kier alpha value is -2.47. The van der Waals surface area contributed by atoms with Crippen LogP contribution in [0.15, 0.2) is 42.9 Å². The lowest BCUT2D eigenvalue weighted by molar-refractivity contribution is 0.0507. The van der Waals surface area contributed by atoms with Crippen molar-refractivity contribution in [3.63, 3.8) is 0 Å².